The van der Waals surface area contributed by atoms with E-state index < -0.39 is 4.92 Å². The molecular formula is C6H3BrN2O3. The molecule has 62 valence electrons. The second-order valence-corrected chi connectivity index (χ2v) is 2.30. The van der Waals surface area contributed by atoms with Crippen molar-refractivity contribution in [1.82, 2.24) is 5.16 Å². The summed E-state index contributed by atoms with van der Waals surface area (Å²) in [6.45, 7) is 0. The Morgan fingerprint density at radius 1 is 1.83 bits per heavy atom. The molecule has 0 spiro atoms. The Hall–Kier alpha value is -1.35. The highest BCUT2D eigenvalue weighted by molar-refractivity contribution is 9.09. The number of alkyl halides is 1. The average molecular weight is 231 g/mol. The molecule has 1 aromatic rings. The molecular weight excluding hydrogens is 228 g/mol. The van der Waals surface area contributed by atoms with Crippen molar-refractivity contribution in [2.75, 3.05) is 5.33 Å². The van der Waals surface area contributed by atoms with E-state index >= 15 is 0 Å². The fraction of sp³-hybridized carbons (Fsp3) is 0.167. The second-order valence-electron chi connectivity index (χ2n) is 1.74. The number of hydrogen-bond acceptors (Lipinski definition) is 4. The third kappa shape index (κ3) is 2.07. The van der Waals surface area contributed by atoms with Gasteiger partial charge < -0.3 is 10.1 Å². The Bertz CT molecular complexity index is 349. The summed E-state index contributed by atoms with van der Waals surface area (Å²) >= 11 is 3.07. The maximum Gasteiger partial charge on any atom is 0.414 e. The van der Waals surface area contributed by atoms with E-state index in [-0.39, 0.29) is 11.6 Å². The maximum absolute atomic E-state index is 10.1. The Labute approximate surface area is 76.0 Å². The third-order valence-electron chi connectivity index (χ3n) is 0.963. The van der Waals surface area contributed by atoms with E-state index in [2.05, 4.69) is 37.5 Å². The minimum atomic E-state index is -0.636. The summed E-state index contributed by atoms with van der Waals surface area (Å²) in [6, 6.07) is 1.18. The van der Waals surface area contributed by atoms with Crippen LogP contribution in [0.3, 0.4) is 0 Å². The van der Waals surface area contributed by atoms with Gasteiger partial charge in [-0.15, -0.1) is 0 Å². The van der Waals surface area contributed by atoms with E-state index in [0.29, 0.717) is 5.33 Å². The van der Waals surface area contributed by atoms with E-state index in [9.17, 15) is 10.1 Å². The van der Waals surface area contributed by atoms with Crippen LogP contribution in [0.4, 0.5) is 5.82 Å². The van der Waals surface area contributed by atoms with Crippen LogP contribution in [0.1, 0.15) is 5.76 Å². The van der Waals surface area contributed by atoms with E-state index in [1.165, 1.54) is 6.07 Å². The number of hydrogen-bond donors (Lipinski definition) is 0. The van der Waals surface area contributed by atoms with Gasteiger partial charge in [0.2, 0.25) is 5.76 Å². The number of rotatable bonds is 1. The topological polar surface area (TPSA) is 69.2 Å². The lowest BCUT2D eigenvalue weighted by Crippen LogP contribution is -1.85. The highest BCUT2D eigenvalue weighted by atomic mass is 79.9. The summed E-state index contributed by atoms with van der Waals surface area (Å²) in [6.07, 6.45) is 0. The molecule has 5 nitrogen and oxygen atoms in total. The minimum Gasteiger partial charge on any atom is -0.358 e. The summed E-state index contributed by atoms with van der Waals surface area (Å²) in [7, 11) is 0. The lowest BCUT2D eigenvalue weighted by atomic mass is 10.4. The van der Waals surface area contributed by atoms with Gasteiger partial charge in [0, 0.05) is 0 Å². The smallest absolute Gasteiger partial charge is 0.358 e. The highest BCUT2D eigenvalue weighted by Crippen LogP contribution is 2.09. The molecule has 0 N–H and O–H groups in total. The van der Waals surface area contributed by atoms with Gasteiger partial charge >= 0.3 is 5.82 Å². The van der Waals surface area contributed by atoms with Crippen molar-refractivity contribution in [1.29, 1.82) is 0 Å². The minimum absolute atomic E-state index is 0.196. The number of aromatic nitrogens is 1. The summed E-state index contributed by atoms with van der Waals surface area (Å²) < 4.78 is 4.54. The van der Waals surface area contributed by atoms with Gasteiger partial charge in [-0.2, -0.15) is 0 Å². The Morgan fingerprint density at radius 2 is 2.58 bits per heavy atom. The average Bonchev–Trinajstić information content (AvgIpc) is 2.48. The van der Waals surface area contributed by atoms with E-state index in [0.717, 1.165) is 0 Å². The third-order valence-corrected chi connectivity index (χ3v) is 1.24. The predicted octanol–water partition coefficient (Wildman–Crippen LogP) is 1.33. The normalized spacial score (nSPS) is 8.75. The standard InChI is InChI=1S/C6H3BrN2O3/c7-3-1-2-5-4-6(8-12-5)9(10)11/h4H,3H2. The molecule has 0 saturated carbocycles. The van der Waals surface area contributed by atoms with Crippen molar-refractivity contribution in [2.45, 2.75) is 0 Å². The first-order valence-electron chi connectivity index (χ1n) is 2.90. The summed E-state index contributed by atoms with van der Waals surface area (Å²) in [5.41, 5.74) is 0. The van der Waals surface area contributed by atoms with Crippen molar-refractivity contribution < 1.29 is 9.45 Å². The van der Waals surface area contributed by atoms with E-state index in [1.54, 1.807) is 0 Å². The molecule has 0 unspecified atom stereocenters. The molecule has 0 bridgehead atoms. The zero-order chi connectivity index (χ0) is 8.97. The Balaban J connectivity index is 2.84. The molecule has 0 atom stereocenters. The van der Waals surface area contributed by atoms with Gasteiger partial charge in [-0.05, 0) is 10.8 Å². The van der Waals surface area contributed by atoms with E-state index in [1.807, 2.05) is 0 Å². The zero-order valence-electron chi connectivity index (χ0n) is 5.78. The van der Waals surface area contributed by atoms with Gasteiger partial charge in [-0.3, -0.25) is 0 Å². The fourth-order valence-corrected chi connectivity index (χ4v) is 0.672. The molecule has 0 saturated heterocycles. The maximum atomic E-state index is 10.1. The van der Waals surface area contributed by atoms with Crippen LogP contribution in [0, 0.1) is 22.0 Å². The van der Waals surface area contributed by atoms with Crippen molar-refractivity contribution in [3.63, 3.8) is 0 Å². The van der Waals surface area contributed by atoms with Crippen LogP contribution in [0.2, 0.25) is 0 Å². The SMILES string of the molecule is O=[N+]([O-])c1cc(C#CCBr)on1. The first-order valence-corrected chi connectivity index (χ1v) is 4.02. The molecule has 0 aliphatic rings. The molecule has 1 rings (SSSR count). The monoisotopic (exact) mass is 230 g/mol. The molecule has 0 amide bonds. The molecule has 0 radical (unpaired) electrons. The molecule has 0 aliphatic heterocycles. The van der Waals surface area contributed by atoms with Gasteiger partial charge in [-0.1, -0.05) is 21.9 Å². The molecule has 0 aliphatic carbocycles. The van der Waals surface area contributed by atoms with Crippen LogP contribution in [-0.2, 0) is 0 Å². The lowest BCUT2D eigenvalue weighted by Gasteiger charge is -1.79. The quantitative estimate of drug-likeness (QED) is 0.316. The van der Waals surface area contributed by atoms with Crippen molar-refractivity contribution >= 4 is 21.7 Å². The second kappa shape index (κ2) is 3.88. The Morgan fingerprint density at radius 3 is 3.08 bits per heavy atom. The van der Waals surface area contributed by atoms with Gasteiger partial charge in [-0.25, -0.2) is 4.52 Å². The van der Waals surface area contributed by atoms with Crippen LogP contribution in [0.25, 0.3) is 0 Å². The molecule has 0 fully saturated rings. The van der Waals surface area contributed by atoms with Crippen molar-refractivity contribution in [3.05, 3.63) is 21.9 Å². The summed E-state index contributed by atoms with van der Waals surface area (Å²) in [4.78, 5) is 9.48. The fourth-order valence-electron chi connectivity index (χ4n) is 0.531. The Kier molecular flexibility index (Phi) is 2.82. The molecule has 0 aromatic carbocycles. The highest BCUT2D eigenvalue weighted by Gasteiger charge is 2.12. The first kappa shape index (κ1) is 8.74. The number of nitro groups is 1. The molecule has 6 heteroatoms. The first-order chi connectivity index (χ1) is 5.74. The van der Waals surface area contributed by atoms with Crippen LogP contribution in [-0.4, -0.2) is 15.4 Å². The van der Waals surface area contributed by atoms with E-state index in [4.69, 9.17) is 0 Å². The van der Waals surface area contributed by atoms with Crippen molar-refractivity contribution in [3.8, 4) is 11.8 Å². The summed E-state index contributed by atoms with van der Waals surface area (Å²) in [5, 5.41) is 13.8. The summed E-state index contributed by atoms with van der Waals surface area (Å²) in [5.74, 6) is 5.04. The lowest BCUT2D eigenvalue weighted by molar-refractivity contribution is -0.390. The van der Waals surface area contributed by atoms with Gasteiger partial charge in [0.25, 0.3) is 0 Å². The molecule has 1 heterocycles. The van der Waals surface area contributed by atoms with Crippen LogP contribution < -0.4 is 0 Å². The predicted molar refractivity (Wildman–Crippen MR) is 43.8 cm³/mol. The molecule has 12 heavy (non-hydrogen) atoms. The van der Waals surface area contributed by atoms with Crippen molar-refractivity contribution in [2.24, 2.45) is 0 Å². The molecule has 1 aromatic heterocycles. The van der Waals surface area contributed by atoms with Gasteiger partial charge in [0.05, 0.1) is 11.4 Å². The van der Waals surface area contributed by atoms with Crippen LogP contribution >= 0.6 is 15.9 Å². The van der Waals surface area contributed by atoms with Crippen LogP contribution in [0.5, 0.6) is 0 Å². The van der Waals surface area contributed by atoms with Gasteiger partial charge in [0.15, 0.2) is 5.16 Å². The zero-order valence-corrected chi connectivity index (χ0v) is 7.37. The van der Waals surface area contributed by atoms with Crippen LogP contribution in [0.15, 0.2) is 10.6 Å². The number of halogens is 1. The number of nitrogens with zero attached hydrogens (tertiary/aromatic N) is 2. The largest absolute Gasteiger partial charge is 0.414 e. The van der Waals surface area contributed by atoms with Gasteiger partial charge in [0.1, 0.15) is 0 Å².